The molecule has 0 amide bonds. The third-order valence-electron chi connectivity index (χ3n) is 1.68. The van der Waals surface area contributed by atoms with E-state index in [1.807, 2.05) is 17.5 Å². The highest BCUT2D eigenvalue weighted by atomic mass is 32.1. The fourth-order valence-electron chi connectivity index (χ4n) is 1.26. The molecule has 1 aromatic heterocycles. The van der Waals surface area contributed by atoms with Crippen LogP contribution in [0.1, 0.15) is 32.1 Å². The minimum atomic E-state index is 0.119. The van der Waals surface area contributed by atoms with Gasteiger partial charge < -0.3 is 0 Å². The largest absolute Gasteiger partial charge is 0.299 e. The van der Waals surface area contributed by atoms with Gasteiger partial charge in [-0.25, -0.2) is 0 Å². The summed E-state index contributed by atoms with van der Waals surface area (Å²) < 4.78 is 0. The normalized spacial score (nSPS) is 11.6. The average Bonchev–Trinajstić information content (AvgIpc) is 2.34. The second kappa shape index (κ2) is 4.05. The van der Waals surface area contributed by atoms with Crippen LogP contribution in [0, 0.1) is 5.41 Å². The highest BCUT2D eigenvalue weighted by Crippen LogP contribution is 2.20. The Morgan fingerprint density at radius 1 is 1.46 bits per heavy atom. The van der Waals surface area contributed by atoms with E-state index < -0.39 is 0 Å². The van der Waals surface area contributed by atoms with E-state index in [1.165, 1.54) is 4.88 Å². The summed E-state index contributed by atoms with van der Waals surface area (Å²) in [4.78, 5) is 12.7. The molecule has 0 saturated heterocycles. The smallest absolute Gasteiger partial charge is 0.138 e. The molecule has 13 heavy (non-hydrogen) atoms. The van der Waals surface area contributed by atoms with Crippen molar-refractivity contribution in [3.8, 4) is 0 Å². The SMILES string of the molecule is CC(C)(C)CC(=O)Cc1cccs1. The van der Waals surface area contributed by atoms with Crippen molar-refractivity contribution in [2.24, 2.45) is 5.41 Å². The maximum Gasteiger partial charge on any atom is 0.138 e. The van der Waals surface area contributed by atoms with Crippen LogP contribution in [0.5, 0.6) is 0 Å². The molecule has 0 aliphatic carbocycles. The molecule has 0 aromatic carbocycles. The Hall–Kier alpha value is -0.630. The van der Waals surface area contributed by atoms with Crippen molar-refractivity contribution in [3.05, 3.63) is 22.4 Å². The molecule has 0 N–H and O–H groups in total. The molecule has 1 aromatic rings. The molecule has 0 saturated carbocycles. The summed E-state index contributed by atoms with van der Waals surface area (Å²) in [5, 5.41) is 2.01. The molecule has 0 unspecified atom stereocenters. The van der Waals surface area contributed by atoms with Crippen molar-refractivity contribution in [2.45, 2.75) is 33.6 Å². The number of rotatable bonds is 3. The number of hydrogen-bond acceptors (Lipinski definition) is 2. The fourth-order valence-corrected chi connectivity index (χ4v) is 1.99. The van der Waals surface area contributed by atoms with Crippen LogP contribution >= 0.6 is 11.3 Å². The van der Waals surface area contributed by atoms with Crippen LogP contribution in [0.4, 0.5) is 0 Å². The summed E-state index contributed by atoms with van der Waals surface area (Å²) in [5.74, 6) is 0.343. The zero-order valence-electron chi connectivity index (χ0n) is 8.46. The Morgan fingerprint density at radius 2 is 2.15 bits per heavy atom. The van der Waals surface area contributed by atoms with Crippen molar-refractivity contribution >= 4 is 17.1 Å². The predicted molar refractivity (Wildman–Crippen MR) is 57.1 cm³/mol. The van der Waals surface area contributed by atoms with E-state index in [1.54, 1.807) is 11.3 Å². The second-order valence-corrected chi connectivity index (χ2v) is 5.56. The van der Waals surface area contributed by atoms with Gasteiger partial charge in [-0.1, -0.05) is 26.8 Å². The Morgan fingerprint density at radius 3 is 2.62 bits per heavy atom. The summed E-state index contributed by atoms with van der Waals surface area (Å²) in [7, 11) is 0. The van der Waals surface area contributed by atoms with E-state index in [-0.39, 0.29) is 5.41 Å². The van der Waals surface area contributed by atoms with E-state index in [0.29, 0.717) is 18.6 Å². The molecule has 1 heterocycles. The highest BCUT2D eigenvalue weighted by Gasteiger charge is 2.16. The summed E-state index contributed by atoms with van der Waals surface area (Å²) in [6, 6.07) is 4.01. The lowest BCUT2D eigenvalue weighted by Crippen LogP contribution is -2.14. The lowest BCUT2D eigenvalue weighted by molar-refractivity contribution is -0.120. The van der Waals surface area contributed by atoms with Gasteiger partial charge in [0.2, 0.25) is 0 Å². The van der Waals surface area contributed by atoms with Gasteiger partial charge in [-0.05, 0) is 16.9 Å². The Kier molecular flexibility index (Phi) is 3.26. The summed E-state index contributed by atoms with van der Waals surface area (Å²) in [6.45, 7) is 6.29. The van der Waals surface area contributed by atoms with Crippen LogP contribution in [0.3, 0.4) is 0 Å². The van der Waals surface area contributed by atoms with Gasteiger partial charge in [0, 0.05) is 17.7 Å². The quantitative estimate of drug-likeness (QED) is 0.725. The van der Waals surface area contributed by atoms with Crippen LogP contribution in [0.25, 0.3) is 0 Å². The third-order valence-corrected chi connectivity index (χ3v) is 2.56. The number of carbonyl (C=O) groups is 1. The molecule has 1 nitrogen and oxygen atoms in total. The van der Waals surface area contributed by atoms with Gasteiger partial charge in [-0.15, -0.1) is 11.3 Å². The van der Waals surface area contributed by atoms with Crippen LogP contribution in [-0.4, -0.2) is 5.78 Å². The first-order valence-electron chi connectivity index (χ1n) is 4.51. The molecule has 1 rings (SSSR count). The average molecular weight is 196 g/mol. The number of Topliss-reactive ketones (excluding diaryl/α,β-unsaturated/α-hetero) is 1. The predicted octanol–water partition coefficient (Wildman–Crippen LogP) is 3.30. The molecular weight excluding hydrogens is 180 g/mol. The maximum absolute atomic E-state index is 11.5. The lowest BCUT2D eigenvalue weighted by Gasteiger charge is -2.16. The van der Waals surface area contributed by atoms with Crippen LogP contribution in [-0.2, 0) is 11.2 Å². The Bertz CT molecular complexity index is 267. The minimum Gasteiger partial charge on any atom is -0.299 e. The zero-order chi connectivity index (χ0) is 9.90. The standard InChI is InChI=1S/C11H16OS/c1-11(2,3)8-9(12)7-10-5-4-6-13-10/h4-6H,7-8H2,1-3H3. The van der Waals surface area contributed by atoms with E-state index in [9.17, 15) is 4.79 Å². The summed E-state index contributed by atoms with van der Waals surface area (Å²) >= 11 is 1.66. The Balaban J connectivity index is 2.43. The van der Waals surface area contributed by atoms with Crippen molar-refractivity contribution in [1.82, 2.24) is 0 Å². The molecule has 0 aliphatic heterocycles. The molecule has 0 aliphatic rings. The maximum atomic E-state index is 11.5. The van der Waals surface area contributed by atoms with Crippen LogP contribution < -0.4 is 0 Å². The molecule has 0 atom stereocenters. The number of thiophene rings is 1. The molecule has 0 fully saturated rings. The summed E-state index contributed by atoms with van der Waals surface area (Å²) in [5.41, 5.74) is 0.119. The minimum absolute atomic E-state index is 0.119. The molecule has 72 valence electrons. The van der Waals surface area contributed by atoms with Gasteiger partial charge in [0.15, 0.2) is 0 Å². The first kappa shape index (κ1) is 10.5. The van der Waals surface area contributed by atoms with E-state index in [0.717, 1.165) is 0 Å². The van der Waals surface area contributed by atoms with Gasteiger partial charge in [0.1, 0.15) is 5.78 Å². The fraction of sp³-hybridized carbons (Fsp3) is 0.545. The number of hydrogen-bond donors (Lipinski definition) is 0. The van der Waals surface area contributed by atoms with Crippen molar-refractivity contribution in [2.75, 3.05) is 0 Å². The molecule has 0 radical (unpaired) electrons. The highest BCUT2D eigenvalue weighted by molar-refractivity contribution is 7.10. The van der Waals surface area contributed by atoms with Crippen molar-refractivity contribution in [3.63, 3.8) is 0 Å². The lowest BCUT2D eigenvalue weighted by atomic mass is 9.89. The first-order valence-corrected chi connectivity index (χ1v) is 5.39. The third kappa shape index (κ3) is 4.23. The zero-order valence-corrected chi connectivity index (χ0v) is 9.28. The van der Waals surface area contributed by atoms with Crippen molar-refractivity contribution in [1.29, 1.82) is 0 Å². The molecular formula is C11H16OS. The molecule has 2 heteroatoms. The topological polar surface area (TPSA) is 17.1 Å². The second-order valence-electron chi connectivity index (χ2n) is 4.53. The molecule has 0 spiro atoms. The van der Waals surface area contributed by atoms with E-state index >= 15 is 0 Å². The number of ketones is 1. The number of carbonyl (C=O) groups excluding carboxylic acids is 1. The summed E-state index contributed by atoms with van der Waals surface area (Å²) in [6.07, 6.45) is 1.28. The van der Waals surface area contributed by atoms with E-state index in [4.69, 9.17) is 0 Å². The van der Waals surface area contributed by atoms with Crippen LogP contribution in [0.2, 0.25) is 0 Å². The first-order chi connectivity index (χ1) is 5.97. The van der Waals surface area contributed by atoms with Crippen molar-refractivity contribution < 1.29 is 4.79 Å². The Labute approximate surface area is 83.8 Å². The van der Waals surface area contributed by atoms with Gasteiger partial charge >= 0.3 is 0 Å². The van der Waals surface area contributed by atoms with Gasteiger partial charge in [-0.3, -0.25) is 4.79 Å². The monoisotopic (exact) mass is 196 g/mol. The molecule has 0 bridgehead atoms. The van der Waals surface area contributed by atoms with Crippen LogP contribution in [0.15, 0.2) is 17.5 Å². The van der Waals surface area contributed by atoms with Gasteiger partial charge in [-0.2, -0.15) is 0 Å². The van der Waals surface area contributed by atoms with E-state index in [2.05, 4.69) is 20.8 Å². The van der Waals surface area contributed by atoms with Gasteiger partial charge in [0.05, 0.1) is 0 Å². The van der Waals surface area contributed by atoms with Gasteiger partial charge in [0.25, 0.3) is 0 Å².